The van der Waals surface area contributed by atoms with Crippen LogP contribution in [-0.4, -0.2) is 14.9 Å². The fourth-order valence-corrected chi connectivity index (χ4v) is 2.10. The third-order valence-electron chi connectivity index (χ3n) is 1.91. The molecule has 0 saturated heterocycles. The van der Waals surface area contributed by atoms with Gasteiger partial charge in [-0.2, -0.15) is 0 Å². The lowest BCUT2D eigenvalue weighted by molar-refractivity contribution is 0.365. The molecule has 0 spiro atoms. The molecule has 0 saturated carbocycles. The molecule has 0 unspecified atom stereocenters. The van der Waals surface area contributed by atoms with Gasteiger partial charge in [0.1, 0.15) is 0 Å². The molecule has 15 heavy (non-hydrogen) atoms. The number of rotatable bonds is 4. The summed E-state index contributed by atoms with van der Waals surface area (Å²) in [6.45, 7) is 11.2. The maximum absolute atomic E-state index is 5.81. The van der Waals surface area contributed by atoms with Crippen LogP contribution in [0.4, 0.5) is 0 Å². The van der Waals surface area contributed by atoms with Crippen LogP contribution in [0.2, 0.25) is 19.6 Å². The molecule has 1 aromatic carbocycles. The van der Waals surface area contributed by atoms with E-state index in [9.17, 15) is 0 Å². The van der Waals surface area contributed by atoms with E-state index in [1.54, 1.807) is 0 Å². The van der Waals surface area contributed by atoms with Crippen molar-refractivity contribution in [2.45, 2.75) is 19.6 Å². The molecular formula is C12H17BrOSi. The van der Waals surface area contributed by atoms with Gasteiger partial charge in [0.05, 0.1) is 6.61 Å². The molecule has 1 rings (SSSR count). The normalized spacial score (nSPS) is 11.5. The van der Waals surface area contributed by atoms with E-state index in [1.807, 2.05) is 12.1 Å². The van der Waals surface area contributed by atoms with Gasteiger partial charge in [-0.05, 0) is 42.9 Å². The first-order valence-electron chi connectivity index (χ1n) is 4.96. The zero-order valence-corrected chi connectivity index (χ0v) is 12.1. The summed E-state index contributed by atoms with van der Waals surface area (Å²) in [7, 11) is -1.44. The minimum atomic E-state index is -1.44. The fourth-order valence-electron chi connectivity index (χ4n) is 1.10. The minimum Gasteiger partial charge on any atom is -0.413 e. The minimum absolute atomic E-state index is 0.631. The summed E-state index contributed by atoms with van der Waals surface area (Å²) in [6.07, 6.45) is 0. The van der Waals surface area contributed by atoms with Crippen molar-refractivity contribution >= 4 is 29.8 Å². The Hall–Kier alpha value is -0.383. The maximum Gasteiger partial charge on any atom is 0.184 e. The highest BCUT2D eigenvalue weighted by Crippen LogP contribution is 2.19. The van der Waals surface area contributed by atoms with E-state index in [1.165, 1.54) is 0 Å². The van der Waals surface area contributed by atoms with Crippen LogP contribution in [0, 0.1) is 0 Å². The van der Waals surface area contributed by atoms with Crippen LogP contribution in [0.3, 0.4) is 0 Å². The lowest BCUT2D eigenvalue weighted by atomic mass is 10.1. The van der Waals surface area contributed by atoms with Crippen LogP contribution in [0.1, 0.15) is 5.56 Å². The van der Waals surface area contributed by atoms with Gasteiger partial charge in [0.15, 0.2) is 8.32 Å². The van der Waals surface area contributed by atoms with Crippen LogP contribution >= 0.6 is 15.9 Å². The van der Waals surface area contributed by atoms with Crippen molar-refractivity contribution < 1.29 is 4.43 Å². The average Bonchev–Trinajstić information content (AvgIpc) is 2.13. The SMILES string of the molecule is C=C(CO[Si](C)(C)C)c1cccc(Br)c1. The molecular weight excluding hydrogens is 268 g/mol. The molecule has 1 aromatic rings. The molecule has 0 fully saturated rings. The van der Waals surface area contributed by atoms with Crippen LogP contribution in [0.25, 0.3) is 5.57 Å². The quantitative estimate of drug-likeness (QED) is 0.749. The average molecular weight is 285 g/mol. The number of halogens is 1. The first-order chi connectivity index (χ1) is 6.88. The summed E-state index contributed by atoms with van der Waals surface area (Å²) in [5, 5.41) is 0. The molecule has 0 aromatic heterocycles. The van der Waals surface area contributed by atoms with Crippen molar-refractivity contribution in [3.8, 4) is 0 Å². The molecule has 0 radical (unpaired) electrons. The Morgan fingerprint density at radius 2 is 2.07 bits per heavy atom. The zero-order valence-electron chi connectivity index (χ0n) is 9.51. The summed E-state index contributed by atoms with van der Waals surface area (Å²) in [5.41, 5.74) is 2.18. The van der Waals surface area contributed by atoms with Gasteiger partial charge in [-0.1, -0.05) is 34.6 Å². The van der Waals surface area contributed by atoms with Crippen LogP contribution < -0.4 is 0 Å². The topological polar surface area (TPSA) is 9.23 Å². The Morgan fingerprint density at radius 3 is 2.60 bits per heavy atom. The van der Waals surface area contributed by atoms with Crippen molar-refractivity contribution in [2.75, 3.05) is 6.61 Å². The van der Waals surface area contributed by atoms with Gasteiger partial charge in [-0.15, -0.1) is 0 Å². The Balaban J connectivity index is 2.62. The third-order valence-corrected chi connectivity index (χ3v) is 3.42. The van der Waals surface area contributed by atoms with Gasteiger partial charge in [0.2, 0.25) is 0 Å². The largest absolute Gasteiger partial charge is 0.413 e. The van der Waals surface area contributed by atoms with Gasteiger partial charge in [-0.3, -0.25) is 0 Å². The predicted molar refractivity (Wildman–Crippen MR) is 72.5 cm³/mol. The van der Waals surface area contributed by atoms with Gasteiger partial charge in [0.25, 0.3) is 0 Å². The van der Waals surface area contributed by atoms with Crippen LogP contribution in [-0.2, 0) is 4.43 Å². The second-order valence-corrected chi connectivity index (χ2v) is 9.94. The van der Waals surface area contributed by atoms with Crippen molar-refractivity contribution in [2.24, 2.45) is 0 Å². The second kappa shape index (κ2) is 5.10. The van der Waals surface area contributed by atoms with Crippen molar-refractivity contribution in [1.82, 2.24) is 0 Å². The van der Waals surface area contributed by atoms with E-state index in [-0.39, 0.29) is 0 Å². The van der Waals surface area contributed by atoms with Crippen LogP contribution in [0.15, 0.2) is 35.3 Å². The highest BCUT2D eigenvalue weighted by molar-refractivity contribution is 9.10. The standard InChI is InChI=1S/C12H17BrOSi/c1-10(9-14-15(2,3)4)11-6-5-7-12(13)8-11/h5-8H,1,9H2,2-4H3. The Morgan fingerprint density at radius 1 is 1.40 bits per heavy atom. The fraction of sp³-hybridized carbons (Fsp3) is 0.333. The Kier molecular flexibility index (Phi) is 4.31. The molecule has 3 heteroatoms. The number of hydrogen-bond donors (Lipinski definition) is 0. The summed E-state index contributed by atoms with van der Waals surface area (Å²) in [6, 6.07) is 8.14. The van der Waals surface area contributed by atoms with E-state index in [2.05, 4.69) is 54.3 Å². The molecule has 0 aliphatic carbocycles. The summed E-state index contributed by atoms with van der Waals surface area (Å²) < 4.78 is 6.89. The van der Waals surface area contributed by atoms with Gasteiger partial charge >= 0.3 is 0 Å². The summed E-state index contributed by atoms with van der Waals surface area (Å²) in [5.74, 6) is 0. The van der Waals surface area contributed by atoms with Crippen molar-refractivity contribution in [1.29, 1.82) is 0 Å². The molecule has 0 N–H and O–H groups in total. The Labute approximate surface area is 101 Å². The molecule has 0 aliphatic heterocycles. The van der Waals surface area contributed by atoms with Gasteiger partial charge in [0, 0.05) is 4.47 Å². The summed E-state index contributed by atoms with van der Waals surface area (Å²) >= 11 is 3.45. The van der Waals surface area contributed by atoms with E-state index in [0.717, 1.165) is 15.6 Å². The molecule has 0 aliphatic rings. The molecule has 0 bridgehead atoms. The lowest BCUT2D eigenvalue weighted by Gasteiger charge is -2.18. The molecule has 0 heterocycles. The van der Waals surface area contributed by atoms with Crippen molar-refractivity contribution in [3.63, 3.8) is 0 Å². The first kappa shape index (κ1) is 12.7. The van der Waals surface area contributed by atoms with E-state index in [0.29, 0.717) is 6.61 Å². The molecule has 0 atom stereocenters. The lowest BCUT2D eigenvalue weighted by Crippen LogP contribution is -2.26. The third kappa shape index (κ3) is 4.78. The Bertz CT molecular complexity index is 355. The summed E-state index contributed by atoms with van der Waals surface area (Å²) in [4.78, 5) is 0. The molecule has 82 valence electrons. The first-order valence-corrected chi connectivity index (χ1v) is 9.16. The molecule has 0 amide bonds. The number of benzene rings is 1. The molecule has 1 nitrogen and oxygen atoms in total. The van der Waals surface area contributed by atoms with Crippen LogP contribution in [0.5, 0.6) is 0 Å². The highest BCUT2D eigenvalue weighted by Gasteiger charge is 2.14. The van der Waals surface area contributed by atoms with Gasteiger partial charge < -0.3 is 4.43 Å². The maximum atomic E-state index is 5.81. The predicted octanol–water partition coefficient (Wildman–Crippen LogP) is 4.31. The van der Waals surface area contributed by atoms with E-state index >= 15 is 0 Å². The van der Waals surface area contributed by atoms with Crippen molar-refractivity contribution in [3.05, 3.63) is 40.9 Å². The zero-order chi connectivity index (χ0) is 11.5. The monoisotopic (exact) mass is 284 g/mol. The van der Waals surface area contributed by atoms with Gasteiger partial charge in [-0.25, -0.2) is 0 Å². The smallest absolute Gasteiger partial charge is 0.184 e. The number of hydrogen-bond acceptors (Lipinski definition) is 1. The highest BCUT2D eigenvalue weighted by atomic mass is 79.9. The van der Waals surface area contributed by atoms with E-state index in [4.69, 9.17) is 4.43 Å². The second-order valence-electron chi connectivity index (χ2n) is 4.51. The van der Waals surface area contributed by atoms with E-state index < -0.39 is 8.32 Å².